The fourth-order valence-electron chi connectivity index (χ4n) is 3.86. The Morgan fingerprint density at radius 3 is 1.42 bits per heavy atom. The molecule has 0 unspecified atom stereocenters. The van der Waals surface area contributed by atoms with E-state index in [1.165, 1.54) is 0 Å². The molecule has 5 rings (SSSR count). The van der Waals surface area contributed by atoms with E-state index in [1.54, 1.807) is 0 Å². The van der Waals surface area contributed by atoms with Crippen molar-refractivity contribution in [3.63, 3.8) is 0 Å². The van der Waals surface area contributed by atoms with Gasteiger partial charge in [-0.25, -0.2) is 9.59 Å². The predicted molar refractivity (Wildman–Crippen MR) is 99.1 cm³/mol. The van der Waals surface area contributed by atoms with E-state index in [9.17, 15) is 19.8 Å². The van der Waals surface area contributed by atoms with Crippen molar-refractivity contribution in [2.75, 3.05) is 0 Å². The minimum absolute atomic E-state index is 0.234. The summed E-state index contributed by atoms with van der Waals surface area (Å²) in [5.41, 5.74) is 1.71. The van der Waals surface area contributed by atoms with Gasteiger partial charge in [0.25, 0.3) is 0 Å². The first-order valence-electron chi connectivity index (χ1n) is 8.01. The Morgan fingerprint density at radius 1 is 0.654 bits per heavy atom. The summed E-state index contributed by atoms with van der Waals surface area (Å²) in [6.45, 7) is 0. The highest BCUT2D eigenvalue weighted by atomic mass is 16.4. The van der Waals surface area contributed by atoms with Crippen LogP contribution in [0.15, 0.2) is 48.5 Å². The zero-order chi connectivity index (χ0) is 18.0. The van der Waals surface area contributed by atoms with Gasteiger partial charge < -0.3 is 20.2 Å². The van der Waals surface area contributed by atoms with E-state index in [4.69, 9.17) is 0 Å². The zero-order valence-electron chi connectivity index (χ0n) is 13.3. The molecule has 0 atom stereocenters. The van der Waals surface area contributed by atoms with Gasteiger partial charge in [0.1, 0.15) is 11.1 Å². The second-order valence-electron chi connectivity index (χ2n) is 6.20. The van der Waals surface area contributed by atoms with E-state index in [1.807, 2.05) is 48.5 Å². The largest absolute Gasteiger partial charge is 0.478 e. The number of nitrogens with one attached hydrogen (secondary N) is 2. The van der Waals surface area contributed by atoms with Crippen molar-refractivity contribution < 1.29 is 19.8 Å². The van der Waals surface area contributed by atoms with Gasteiger partial charge in [-0.3, -0.25) is 0 Å². The van der Waals surface area contributed by atoms with E-state index in [0.717, 1.165) is 32.6 Å². The molecule has 0 aliphatic heterocycles. The summed E-state index contributed by atoms with van der Waals surface area (Å²) in [6, 6.07) is 15.0. The van der Waals surface area contributed by atoms with E-state index in [2.05, 4.69) is 9.97 Å². The van der Waals surface area contributed by atoms with Crippen molar-refractivity contribution in [1.82, 2.24) is 9.97 Å². The van der Waals surface area contributed by atoms with E-state index >= 15 is 0 Å². The fourth-order valence-corrected chi connectivity index (χ4v) is 3.86. The summed E-state index contributed by atoms with van der Waals surface area (Å²) in [7, 11) is 0. The first kappa shape index (κ1) is 14.5. The highest BCUT2D eigenvalue weighted by molar-refractivity contribution is 6.34. The maximum atomic E-state index is 12.0. The Kier molecular flexibility index (Phi) is 2.72. The number of benzene rings is 3. The quantitative estimate of drug-likeness (QED) is 0.382. The molecule has 2 heterocycles. The molecule has 0 saturated heterocycles. The standard InChI is InChI=1S/C20H12N2O4/c23-19(24)15-16(20(25)26)18-14(10-6-2-4-8-12(10)22-18)13-9-5-1-3-7-11(9)21-17(13)15/h1-8,21-22H,(H,23,24)(H,25,26). The number of aromatic nitrogens is 2. The lowest BCUT2D eigenvalue weighted by Gasteiger charge is -2.07. The third kappa shape index (κ3) is 1.70. The molecule has 0 saturated carbocycles. The van der Waals surface area contributed by atoms with Crippen LogP contribution in [0.4, 0.5) is 0 Å². The van der Waals surface area contributed by atoms with E-state index in [-0.39, 0.29) is 11.1 Å². The average molecular weight is 344 g/mol. The number of carboxylic acid groups (broad SMARTS) is 2. The average Bonchev–Trinajstić information content (AvgIpc) is 3.17. The van der Waals surface area contributed by atoms with Crippen LogP contribution in [0.3, 0.4) is 0 Å². The molecule has 0 radical (unpaired) electrons. The number of para-hydroxylation sites is 2. The molecule has 0 bridgehead atoms. The molecule has 126 valence electrons. The SMILES string of the molecule is O=C(O)c1c(C(=O)O)c2[nH]c3ccccc3c2c2c1[nH]c1ccccc12. The molecule has 0 aliphatic rings. The van der Waals surface area contributed by atoms with Crippen LogP contribution in [0.2, 0.25) is 0 Å². The summed E-state index contributed by atoms with van der Waals surface area (Å²) in [4.78, 5) is 30.2. The number of carbonyl (C=O) groups is 2. The first-order valence-corrected chi connectivity index (χ1v) is 8.01. The minimum atomic E-state index is -1.28. The second kappa shape index (κ2) is 4.86. The first-order chi connectivity index (χ1) is 12.6. The summed E-state index contributed by atoms with van der Waals surface area (Å²) in [6.07, 6.45) is 0. The minimum Gasteiger partial charge on any atom is -0.478 e. The van der Waals surface area contributed by atoms with Crippen LogP contribution in [0.25, 0.3) is 43.6 Å². The number of aromatic carboxylic acids is 2. The molecule has 4 N–H and O–H groups in total. The summed E-state index contributed by atoms with van der Waals surface area (Å²) < 4.78 is 0. The third-order valence-corrected chi connectivity index (χ3v) is 4.84. The molecule has 6 heteroatoms. The Hall–Kier alpha value is -3.80. The Morgan fingerprint density at radius 2 is 1.04 bits per heavy atom. The van der Waals surface area contributed by atoms with Gasteiger partial charge in [0.05, 0.1) is 11.0 Å². The van der Waals surface area contributed by atoms with Gasteiger partial charge in [0.2, 0.25) is 0 Å². The van der Waals surface area contributed by atoms with Crippen molar-refractivity contribution >= 4 is 55.6 Å². The molecule has 0 fully saturated rings. The molecular weight excluding hydrogens is 332 g/mol. The molecule has 5 aromatic rings. The number of carboxylic acids is 2. The smallest absolute Gasteiger partial charge is 0.338 e. The van der Waals surface area contributed by atoms with E-state index < -0.39 is 11.9 Å². The van der Waals surface area contributed by atoms with Gasteiger partial charge in [-0.2, -0.15) is 0 Å². The Bertz CT molecular complexity index is 1280. The van der Waals surface area contributed by atoms with Crippen molar-refractivity contribution in [2.24, 2.45) is 0 Å². The lowest BCUT2D eigenvalue weighted by molar-refractivity contribution is 0.0654. The summed E-state index contributed by atoms with van der Waals surface area (Å²) in [5, 5.41) is 22.7. The van der Waals surface area contributed by atoms with Gasteiger partial charge in [-0.05, 0) is 12.1 Å². The zero-order valence-corrected chi connectivity index (χ0v) is 13.3. The fraction of sp³-hybridized carbons (Fsp3) is 0. The number of fused-ring (bicyclic) bond motifs is 7. The number of H-pyrrole nitrogens is 2. The van der Waals surface area contributed by atoms with Gasteiger partial charge in [-0.1, -0.05) is 36.4 Å². The van der Waals surface area contributed by atoms with Crippen LogP contribution in [0.1, 0.15) is 20.7 Å². The van der Waals surface area contributed by atoms with Crippen LogP contribution < -0.4 is 0 Å². The third-order valence-electron chi connectivity index (χ3n) is 4.84. The topological polar surface area (TPSA) is 106 Å². The highest BCUT2D eigenvalue weighted by Crippen LogP contribution is 2.40. The molecule has 3 aromatic carbocycles. The van der Waals surface area contributed by atoms with Crippen LogP contribution in [-0.4, -0.2) is 32.1 Å². The molecule has 6 nitrogen and oxygen atoms in total. The Balaban J connectivity index is 2.23. The van der Waals surface area contributed by atoms with Gasteiger partial charge in [-0.15, -0.1) is 0 Å². The number of hydrogen-bond donors (Lipinski definition) is 4. The lowest BCUT2D eigenvalue weighted by atomic mass is 9.97. The molecule has 2 aromatic heterocycles. The highest BCUT2D eigenvalue weighted by Gasteiger charge is 2.28. The van der Waals surface area contributed by atoms with E-state index in [0.29, 0.717) is 11.0 Å². The van der Waals surface area contributed by atoms with Crippen LogP contribution in [-0.2, 0) is 0 Å². The molecule has 26 heavy (non-hydrogen) atoms. The predicted octanol–water partition coefficient (Wildman–Crippen LogP) is 4.35. The van der Waals surface area contributed by atoms with Crippen LogP contribution in [0, 0.1) is 0 Å². The van der Waals surface area contributed by atoms with Crippen LogP contribution in [0.5, 0.6) is 0 Å². The van der Waals surface area contributed by atoms with Crippen molar-refractivity contribution in [1.29, 1.82) is 0 Å². The summed E-state index contributed by atoms with van der Waals surface area (Å²) >= 11 is 0. The van der Waals surface area contributed by atoms with Gasteiger partial charge in [0.15, 0.2) is 0 Å². The maximum Gasteiger partial charge on any atom is 0.338 e. The molecular formula is C20H12N2O4. The molecule has 0 aliphatic carbocycles. The molecule has 0 amide bonds. The normalized spacial score (nSPS) is 11.7. The maximum absolute atomic E-state index is 12.0. The van der Waals surface area contributed by atoms with Gasteiger partial charge >= 0.3 is 11.9 Å². The second-order valence-corrected chi connectivity index (χ2v) is 6.20. The van der Waals surface area contributed by atoms with Crippen molar-refractivity contribution in [3.05, 3.63) is 59.7 Å². The van der Waals surface area contributed by atoms with Crippen LogP contribution >= 0.6 is 0 Å². The summed E-state index contributed by atoms with van der Waals surface area (Å²) in [5.74, 6) is -2.56. The number of aromatic amines is 2. The number of hydrogen-bond acceptors (Lipinski definition) is 2. The lowest BCUT2D eigenvalue weighted by Crippen LogP contribution is -2.10. The monoisotopic (exact) mass is 344 g/mol. The Labute approximate surface area is 145 Å². The van der Waals surface area contributed by atoms with Gasteiger partial charge in [0, 0.05) is 32.6 Å². The number of rotatable bonds is 2. The molecule has 0 spiro atoms. The van der Waals surface area contributed by atoms with Crippen molar-refractivity contribution in [2.45, 2.75) is 0 Å². The van der Waals surface area contributed by atoms with Crippen molar-refractivity contribution in [3.8, 4) is 0 Å².